The fraction of sp³-hybridized carbons (Fsp3) is 1.00. The monoisotopic (exact) mass is 288 g/mol. The minimum absolute atomic E-state index is 0.0648. The Balaban J connectivity index is 0.000000361. The lowest BCUT2D eigenvalue weighted by molar-refractivity contribution is -0.147. The number of hydrogen-bond acceptors (Lipinski definition) is 4. The van der Waals surface area contributed by atoms with E-state index in [1.165, 1.54) is 0 Å². The fourth-order valence-electron chi connectivity index (χ4n) is 1.63. The van der Waals surface area contributed by atoms with Gasteiger partial charge in [0, 0.05) is 14.2 Å². The summed E-state index contributed by atoms with van der Waals surface area (Å²) < 4.78 is 21.6. The summed E-state index contributed by atoms with van der Waals surface area (Å²) >= 11 is 0. The summed E-state index contributed by atoms with van der Waals surface area (Å²) in [6.45, 7) is 18.2. The van der Waals surface area contributed by atoms with Gasteiger partial charge >= 0.3 is 7.12 Å². The Hall–Kier alpha value is -0.0951. The van der Waals surface area contributed by atoms with Gasteiger partial charge in [-0.15, -0.1) is 0 Å². The van der Waals surface area contributed by atoms with Crippen molar-refractivity contribution >= 4 is 7.12 Å². The third-order valence-corrected chi connectivity index (χ3v) is 4.84. The van der Waals surface area contributed by atoms with Crippen molar-refractivity contribution in [1.29, 1.82) is 0 Å². The fourth-order valence-corrected chi connectivity index (χ4v) is 1.63. The van der Waals surface area contributed by atoms with Gasteiger partial charge in [-0.25, -0.2) is 0 Å². The molecular weight excluding hydrogens is 255 g/mol. The summed E-state index contributed by atoms with van der Waals surface area (Å²) in [6, 6.07) is 0. The van der Waals surface area contributed by atoms with Crippen LogP contribution in [0.5, 0.6) is 0 Å². The lowest BCUT2D eigenvalue weighted by Crippen LogP contribution is -2.48. The molecule has 1 heterocycles. The number of rotatable bonds is 3. The van der Waals surface area contributed by atoms with Crippen LogP contribution in [0.2, 0.25) is 6.82 Å². The summed E-state index contributed by atoms with van der Waals surface area (Å²) in [7, 11) is 3.33. The predicted molar refractivity (Wildman–Crippen MR) is 84.1 cm³/mol. The molecule has 1 rings (SSSR count). The number of ether oxygens (including phenoxy) is 2. The van der Waals surface area contributed by atoms with E-state index in [9.17, 15) is 0 Å². The van der Waals surface area contributed by atoms with Gasteiger partial charge in [0.25, 0.3) is 0 Å². The van der Waals surface area contributed by atoms with Crippen molar-refractivity contribution in [2.75, 3.05) is 14.2 Å². The molecule has 0 aromatic heterocycles. The first-order chi connectivity index (χ1) is 8.72. The zero-order valence-electron chi connectivity index (χ0n) is 15.2. The average molecular weight is 288 g/mol. The second kappa shape index (κ2) is 6.35. The van der Waals surface area contributed by atoms with Gasteiger partial charge in [-0.05, 0) is 62.2 Å². The minimum Gasteiger partial charge on any atom is -0.403 e. The smallest absolute Gasteiger partial charge is 0.403 e. The molecule has 0 aromatic rings. The molecule has 1 aliphatic heterocycles. The molecule has 0 unspecified atom stereocenters. The standard InChI is InChI=1S/C8H18O2.C7H15BO2/c1-7(2,9-5)8(3,4)10-6;1-6(2)7(3,4)10-8(5)9-6/h1-6H3;1-5H3. The van der Waals surface area contributed by atoms with Crippen molar-refractivity contribution in [1.82, 2.24) is 0 Å². The third kappa shape index (κ3) is 4.45. The van der Waals surface area contributed by atoms with Gasteiger partial charge in [0.1, 0.15) is 0 Å². The van der Waals surface area contributed by atoms with Crippen molar-refractivity contribution in [3.05, 3.63) is 0 Å². The van der Waals surface area contributed by atoms with Crippen molar-refractivity contribution in [3.8, 4) is 0 Å². The Morgan fingerprint density at radius 3 is 1.10 bits per heavy atom. The third-order valence-electron chi connectivity index (χ3n) is 4.84. The minimum atomic E-state index is -0.234. The molecule has 0 aromatic carbocycles. The molecular formula is C15H33BO4. The van der Waals surface area contributed by atoms with E-state index in [1.54, 1.807) is 14.2 Å². The van der Waals surface area contributed by atoms with Crippen LogP contribution in [-0.4, -0.2) is 43.7 Å². The van der Waals surface area contributed by atoms with E-state index in [4.69, 9.17) is 18.8 Å². The maximum Gasteiger partial charge on any atom is 0.454 e. The molecule has 0 aliphatic carbocycles. The van der Waals surface area contributed by atoms with Crippen LogP contribution in [0.25, 0.3) is 0 Å². The molecule has 5 heteroatoms. The highest BCUT2D eigenvalue weighted by Crippen LogP contribution is 2.36. The largest absolute Gasteiger partial charge is 0.454 e. The molecule has 1 aliphatic rings. The summed E-state index contributed by atoms with van der Waals surface area (Å²) in [4.78, 5) is 0. The Morgan fingerprint density at radius 1 is 0.750 bits per heavy atom. The van der Waals surface area contributed by atoms with Gasteiger partial charge in [0.05, 0.1) is 22.4 Å². The second-order valence-electron chi connectivity index (χ2n) is 7.25. The van der Waals surface area contributed by atoms with Gasteiger partial charge < -0.3 is 18.8 Å². The van der Waals surface area contributed by atoms with Crippen LogP contribution in [0.4, 0.5) is 0 Å². The van der Waals surface area contributed by atoms with E-state index >= 15 is 0 Å². The SMILES string of the molecule is CB1OC(C)(C)C(C)(C)O1.COC(C)(C)C(C)(C)OC. The molecule has 4 nitrogen and oxygen atoms in total. The van der Waals surface area contributed by atoms with Crippen LogP contribution in [0.3, 0.4) is 0 Å². The molecule has 1 fully saturated rings. The highest BCUT2D eigenvalue weighted by atomic mass is 16.7. The van der Waals surface area contributed by atoms with E-state index in [1.807, 2.05) is 34.5 Å². The van der Waals surface area contributed by atoms with Gasteiger partial charge in [-0.2, -0.15) is 0 Å². The molecule has 1 saturated heterocycles. The van der Waals surface area contributed by atoms with Gasteiger partial charge in [0.2, 0.25) is 0 Å². The maximum atomic E-state index is 5.54. The van der Waals surface area contributed by atoms with Gasteiger partial charge in [-0.3, -0.25) is 0 Å². The first-order valence-corrected chi connectivity index (χ1v) is 7.18. The molecule has 20 heavy (non-hydrogen) atoms. The van der Waals surface area contributed by atoms with Crippen LogP contribution in [0.1, 0.15) is 55.4 Å². The zero-order chi connectivity index (χ0) is 16.4. The van der Waals surface area contributed by atoms with E-state index < -0.39 is 0 Å². The maximum absolute atomic E-state index is 5.54. The van der Waals surface area contributed by atoms with Crippen LogP contribution in [0.15, 0.2) is 0 Å². The number of hydrogen-bond donors (Lipinski definition) is 0. The molecule has 0 bridgehead atoms. The summed E-state index contributed by atoms with van der Waals surface area (Å²) in [5.74, 6) is 0. The van der Waals surface area contributed by atoms with Crippen LogP contribution < -0.4 is 0 Å². The Kier molecular flexibility index (Phi) is 6.32. The lowest BCUT2D eigenvalue weighted by atomic mass is 9.89. The summed E-state index contributed by atoms with van der Waals surface area (Å²) in [5.41, 5.74) is -0.789. The molecule has 0 amide bonds. The van der Waals surface area contributed by atoms with Crippen LogP contribution in [-0.2, 0) is 18.8 Å². The molecule has 120 valence electrons. The summed E-state index contributed by atoms with van der Waals surface area (Å²) in [6.07, 6.45) is 0. The van der Waals surface area contributed by atoms with Gasteiger partial charge in [0.15, 0.2) is 0 Å². The van der Waals surface area contributed by atoms with E-state index in [0.717, 1.165) is 0 Å². The normalized spacial score (nSPS) is 21.4. The molecule has 0 atom stereocenters. The van der Waals surface area contributed by atoms with E-state index in [-0.39, 0.29) is 29.5 Å². The van der Waals surface area contributed by atoms with Gasteiger partial charge in [-0.1, -0.05) is 0 Å². The number of methoxy groups -OCH3 is 2. The van der Waals surface area contributed by atoms with Crippen molar-refractivity contribution in [2.24, 2.45) is 0 Å². The predicted octanol–water partition coefficient (Wildman–Crippen LogP) is 3.54. The Bertz CT molecular complexity index is 269. The zero-order valence-corrected chi connectivity index (χ0v) is 15.2. The molecule has 0 saturated carbocycles. The van der Waals surface area contributed by atoms with Crippen LogP contribution >= 0.6 is 0 Å². The average Bonchev–Trinajstić information content (AvgIpc) is 2.45. The lowest BCUT2D eigenvalue weighted by Gasteiger charge is -2.38. The van der Waals surface area contributed by atoms with Crippen molar-refractivity contribution in [3.63, 3.8) is 0 Å². The highest BCUT2D eigenvalue weighted by molar-refractivity contribution is 6.43. The van der Waals surface area contributed by atoms with E-state index in [0.29, 0.717) is 0 Å². The highest BCUT2D eigenvalue weighted by Gasteiger charge is 2.48. The molecule has 0 spiro atoms. The first kappa shape index (κ1) is 19.9. The second-order valence-corrected chi connectivity index (χ2v) is 7.25. The summed E-state index contributed by atoms with van der Waals surface area (Å²) in [5, 5.41) is 0. The van der Waals surface area contributed by atoms with Crippen molar-refractivity contribution < 1.29 is 18.8 Å². The van der Waals surface area contributed by atoms with Crippen molar-refractivity contribution in [2.45, 2.75) is 84.6 Å². The Morgan fingerprint density at radius 2 is 1.00 bits per heavy atom. The van der Waals surface area contributed by atoms with Crippen LogP contribution in [0, 0.1) is 0 Å². The topological polar surface area (TPSA) is 36.9 Å². The van der Waals surface area contributed by atoms with E-state index in [2.05, 4.69) is 27.7 Å². The first-order valence-electron chi connectivity index (χ1n) is 7.18. The molecule has 0 radical (unpaired) electrons. The molecule has 0 N–H and O–H groups in total. The Labute approximate surface area is 125 Å². The quantitative estimate of drug-likeness (QED) is 0.744.